The summed E-state index contributed by atoms with van der Waals surface area (Å²) in [6, 6.07) is 9.15. The van der Waals surface area contributed by atoms with E-state index >= 15 is 0 Å². The Morgan fingerprint density at radius 2 is 1.46 bits per heavy atom. The van der Waals surface area contributed by atoms with Gasteiger partial charge in [-0.2, -0.15) is 26.3 Å². The van der Waals surface area contributed by atoms with E-state index in [1.807, 2.05) is 12.1 Å². The molecule has 1 saturated heterocycles. The number of carboxylic acids is 1. The number of hydrogen-bond donors (Lipinski definition) is 1. The van der Waals surface area contributed by atoms with Gasteiger partial charge in [-0.05, 0) is 60.7 Å². The predicted octanol–water partition coefficient (Wildman–Crippen LogP) is 6.84. The van der Waals surface area contributed by atoms with Crippen LogP contribution in [0.5, 0.6) is 0 Å². The van der Waals surface area contributed by atoms with Gasteiger partial charge in [-0.3, -0.25) is 4.79 Å². The summed E-state index contributed by atoms with van der Waals surface area (Å²) in [4.78, 5) is 25.5. The zero-order valence-electron chi connectivity index (χ0n) is 22.6. The zero-order chi connectivity index (χ0) is 31.0. The van der Waals surface area contributed by atoms with Crippen LogP contribution in [-0.2, 0) is 15.6 Å². The van der Waals surface area contributed by atoms with Crippen molar-refractivity contribution >= 4 is 17.6 Å². The number of nitrogens with zero attached hydrogens (tertiary/aromatic N) is 2. The summed E-state index contributed by atoms with van der Waals surface area (Å²) in [5.74, 6) is -5.33. The first-order valence-corrected chi connectivity index (χ1v) is 12.8. The Morgan fingerprint density at radius 1 is 0.927 bits per heavy atom. The van der Waals surface area contributed by atoms with Gasteiger partial charge in [0, 0.05) is 24.2 Å². The lowest BCUT2D eigenvalue weighted by Crippen LogP contribution is -2.46. The fraction of sp³-hybridized carbons (Fsp3) is 0.500. The molecular formula is C28H30F8N2O3. The van der Waals surface area contributed by atoms with Gasteiger partial charge in [0.25, 0.3) is 5.91 Å². The molecule has 1 spiro atoms. The summed E-state index contributed by atoms with van der Waals surface area (Å²) in [7, 11) is 0. The van der Waals surface area contributed by atoms with E-state index in [1.165, 1.54) is 11.0 Å². The quantitative estimate of drug-likeness (QED) is 0.396. The molecule has 0 unspecified atom stereocenters. The van der Waals surface area contributed by atoms with Crippen molar-refractivity contribution in [3.63, 3.8) is 0 Å². The molecule has 0 aromatic heterocycles. The van der Waals surface area contributed by atoms with E-state index in [4.69, 9.17) is 9.90 Å². The number of benzene rings is 2. The summed E-state index contributed by atoms with van der Waals surface area (Å²) < 4.78 is 98.7. The van der Waals surface area contributed by atoms with Gasteiger partial charge in [0.2, 0.25) is 0 Å². The van der Waals surface area contributed by atoms with E-state index in [0.29, 0.717) is 31.6 Å². The molecule has 0 bridgehead atoms. The van der Waals surface area contributed by atoms with E-state index < -0.39 is 53.3 Å². The molecule has 0 saturated carbocycles. The average Bonchev–Trinajstić information content (AvgIpc) is 3.16. The average molecular weight is 595 g/mol. The molecular weight excluding hydrogens is 564 g/mol. The maximum absolute atomic E-state index is 14.4. The third kappa shape index (κ3) is 7.55. The van der Waals surface area contributed by atoms with Crippen molar-refractivity contribution < 1.29 is 49.8 Å². The number of likely N-dealkylation sites (tertiary alicyclic amines) is 1. The molecule has 2 aromatic carbocycles. The molecule has 0 atom stereocenters. The van der Waals surface area contributed by atoms with Crippen LogP contribution in [0.1, 0.15) is 61.5 Å². The number of fused-ring (bicyclic) bond motifs is 2. The van der Waals surface area contributed by atoms with Crippen LogP contribution in [0, 0.1) is 11.6 Å². The number of halogens is 8. The minimum absolute atomic E-state index is 0.0580. The predicted molar refractivity (Wildman–Crippen MR) is 135 cm³/mol. The highest BCUT2D eigenvalue weighted by molar-refractivity contribution is 6.08. The number of carbonyl (C=O) groups is 2. The van der Waals surface area contributed by atoms with Gasteiger partial charge in [0.1, 0.15) is 17.2 Å². The Balaban J connectivity index is 0.000000587. The topological polar surface area (TPSA) is 60.9 Å². The summed E-state index contributed by atoms with van der Waals surface area (Å²) in [6.45, 7) is 7.35. The number of hydrogen-bond acceptors (Lipinski definition) is 3. The number of piperidine rings is 1. The molecule has 2 aliphatic rings. The number of alkyl halides is 6. The molecule has 1 amide bonds. The van der Waals surface area contributed by atoms with Crippen molar-refractivity contribution in [1.82, 2.24) is 4.90 Å². The van der Waals surface area contributed by atoms with E-state index in [0.717, 1.165) is 23.3 Å². The minimum Gasteiger partial charge on any atom is -0.475 e. The van der Waals surface area contributed by atoms with Crippen molar-refractivity contribution in [2.75, 3.05) is 31.1 Å². The maximum atomic E-state index is 14.4. The van der Waals surface area contributed by atoms with Crippen molar-refractivity contribution in [3.05, 3.63) is 64.7 Å². The lowest BCUT2D eigenvalue weighted by molar-refractivity contribution is -0.192. The van der Waals surface area contributed by atoms with E-state index in [2.05, 4.69) is 26.8 Å². The molecule has 4 rings (SSSR count). The van der Waals surface area contributed by atoms with Crippen molar-refractivity contribution in [2.24, 2.45) is 0 Å². The first-order valence-electron chi connectivity index (χ1n) is 12.8. The highest BCUT2D eigenvalue weighted by atomic mass is 19.4. The summed E-state index contributed by atoms with van der Waals surface area (Å²) in [5.41, 5.74) is 1.40. The molecule has 2 heterocycles. The largest absolute Gasteiger partial charge is 0.490 e. The van der Waals surface area contributed by atoms with Crippen LogP contribution in [0.15, 0.2) is 36.4 Å². The molecule has 5 nitrogen and oxygen atoms in total. The maximum Gasteiger partial charge on any atom is 0.490 e. The lowest BCUT2D eigenvalue weighted by Gasteiger charge is -2.40. The van der Waals surface area contributed by atoms with Gasteiger partial charge in [-0.1, -0.05) is 39.0 Å². The summed E-state index contributed by atoms with van der Waals surface area (Å²) in [6.07, 6.45) is -9.02. The number of rotatable bonds is 3. The Hall–Kier alpha value is -3.22. The van der Waals surface area contributed by atoms with Gasteiger partial charge in [-0.25, -0.2) is 13.6 Å². The van der Waals surface area contributed by atoms with Crippen LogP contribution < -0.4 is 4.90 Å². The zero-order valence-corrected chi connectivity index (χ0v) is 22.6. The summed E-state index contributed by atoms with van der Waals surface area (Å²) >= 11 is 0. The SMILES string of the molecule is CC(C)(C)c1ccc2c(c1)C1(CCN(CCC(F)(F)F)CC1)CN2C(=O)c1c(F)cccc1F.O=C(O)C(F)(F)F. The van der Waals surface area contributed by atoms with Crippen LogP contribution in [0.25, 0.3) is 0 Å². The highest BCUT2D eigenvalue weighted by Gasteiger charge is 2.47. The Kier molecular flexibility index (Phi) is 9.12. The van der Waals surface area contributed by atoms with Crippen molar-refractivity contribution in [3.8, 4) is 0 Å². The third-order valence-electron chi connectivity index (χ3n) is 7.37. The molecule has 1 fully saturated rings. The Morgan fingerprint density at radius 3 is 1.93 bits per heavy atom. The minimum atomic E-state index is -5.08. The fourth-order valence-corrected chi connectivity index (χ4v) is 5.07. The van der Waals surface area contributed by atoms with Gasteiger partial charge in [0.05, 0.1) is 6.42 Å². The monoisotopic (exact) mass is 594 g/mol. The molecule has 1 N–H and O–H groups in total. The van der Waals surface area contributed by atoms with Gasteiger partial charge in [0.15, 0.2) is 0 Å². The fourth-order valence-electron chi connectivity index (χ4n) is 5.07. The van der Waals surface area contributed by atoms with Gasteiger partial charge >= 0.3 is 18.3 Å². The van der Waals surface area contributed by atoms with Crippen LogP contribution in [0.3, 0.4) is 0 Å². The summed E-state index contributed by atoms with van der Waals surface area (Å²) in [5, 5.41) is 7.12. The van der Waals surface area contributed by atoms with E-state index in [-0.39, 0.29) is 18.5 Å². The molecule has 13 heteroatoms. The first kappa shape index (κ1) is 32.3. The highest BCUT2D eigenvalue weighted by Crippen LogP contribution is 2.49. The standard InChI is InChI=1S/C26H29F5N2O.C2HF3O2/c1-24(2,3)17-7-8-21-18(15-17)25(9-12-32(13-10-25)14-11-26(29,30)31)16-33(21)23(34)22-19(27)5-4-6-20(22)28;3-2(4,5)1(6)7/h4-8,15H,9-14,16H2,1-3H3;(H,6,7). The number of carbonyl (C=O) groups excluding carboxylic acids is 1. The Bertz CT molecular complexity index is 1260. The van der Waals surface area contributed by atoms with Gasteiger partial charge < -0.3 is 14.9 Å². The number of aliphatic carboxylic acids is 1. The molecule has 2 aromatic rings. The molecule has 0 aliphatic carbocycles. The number of carboxylic acid groups (broad SMARTS) is 1. The van der Waals surface area contributed by atoms with Crippen LogP contribution in [0.2, 0.25) is 0 Å². The molecule has 2 aliphatic heterocycles. The smallest absolute Gasteiger partial charge is 0.475 e. The van der Waals surface area contributed by atoms with Crippen molar-refractivity contribution in [1.29, 1.82) is 0 Å². The third-order valence-corrected chi connectivity index (χ3v) is 7.37. The van der Waals surface area contributed by atoms with E-state index in [1.54, 1.807) is 4.90 Å². The van der Waals surface area contributed by atoms with Crippen molar-refractivity contribution in [2.45, 2.75) is 63.2 Å². The second kappa shape index (κ2) is 11.6. The van der Waals surface area contributed by atoms with Crippen LogP contribution in [-0.4, -0.2) is 60.4 Å². The normalized spacial score (nSPS) is 17.2. The Labute approximate surface area is 231 Å². The second-order valence-corrected chi connectivity index (χ2v) is 11.3. The van der Waals surface area contributed by atoms with Crippen LogP contribution >= 0.6 is 0 Å². The first-order chi connectivity index (χ1) is 18.7. The number of anilines is 1. The van der Waals surface area contributed by atoms with Crippen LogP contribution in [0.4, 0.5) is 40.8 Å². The van der Waals surface area contributed by atoms with Gasteiger partial charge in [-0.15, -0.1) is 0 Å². The molecule has 226 valence electrons. The van der Waals surface area contributed by atoms with E-state index in [9.17, 15) is 39.9 Å². The second-order valence-electron chi connectivity index (χ2n) is 11.3. The molecule has 41 heavy (non-hydrogen) atoms. The number of amides is 1. The molecule has 0 radical (unpaired) electrons. The lowest BCUT2D eigenvalue weighted by atomic mass is 9.72.